The summed E-state index contributed by atoms with van der Waals surface area (Å²) in [5.74, 6) is 0.718. The highest BCUT2D eigenvalue weighted by Crippen LogP contribution is 2.30. The van der Waals surface area contributed by atoms with Gasteiger partial charge in [-0.1, -0.05) is 65.8 Å². The molecule has 30 heavy (non-hydrogen) atoms. The number of carbonyl (C=O) groups excluding carboxylic acids is 2. The van der Waals surface area contributed by atoms with Crippen LogP contribution in [0.4, 0.5) is 5.82 Å². The number of nitrogens with zero attached hydrogens (tertiary/aromatic N) is 2. The Balaban J connectivity index is 1.51. The van der Waals surface area contributed by atoms with Crippen LogP contribution in [-0.4, -0.2) is 34.5 Å². The van der Waals surface area contributed by atoms with E-state index in [2.05, 4.69) is 10.5 Å². The minimum atomic E-state index is -0.485. The van der Waals surface area contributed by atoms with Crippen molar-refractivity contribution < 1.29 is 14.1 Å². The first-order chi connectivity index (χ1) is 14.6. The Morgan fingerprint density at radius 1 is 1.10 bits per heavy atom. The molecule has 4 rings (SSSR count). The molecule has 0 unspecified atom stereocenters. The van der Waals surface area contributed by atoms with Crippen LogP contribution < -0.4 is 5.32 Å². The number of rotatable bonds is 6. The van der Waals surface area contributed by atoms with Crippen LogP contribution in [-0.2, 0) is 9.59 Å². The molecule has 0 bridgehead atoms. The number of hydrogen-bond donors (Lipinski definition) is 1. The zero-order valence-corrected chi connectivity index (χ0v) is 17.0. The van der Waals surface area contributed by atoms with Gasteiger partial charge in [-0.05, 0) is 30.9 Å². The first-order valence-corrected chi connectivity index (χ1v) is 10.3. The smallest absolute Gasteiger partial charge is 0.248 e. The third-order valence-corrected chi connectivity index (χ3v) is 5.54. The number of hydrogen-bond acceptors (Lipinski definition) is 4. The number of benzene rings is 2. The highest BCUT2D eigenvalue weighted by Gasteiger charge is 2.35. The van der Waals surface area contributed by atoms with Gasteiger partial charge in [-0.15, -0.1) is 0 Å². The molecule has 1 aromatic heterocycles. The van der Waals surface area contributed by atoms with Gasteiger partial charge < -0.3 is 14.7 Å². The molecule has 3 aromatic rings. The highest BCUT2D eigenvalue weighted by molar-refractivity contribution is 5.97. The van der Waals surface area contributed by atoms with Crippen molar-refractivity contribution in [2.45, 2.75) is 38.1 Å². The average Bonchev–Trinajstić information content (AvgIpc) is 3.42. The van der Waals surface area contributed by atoms with Crippen molar-refractivity contribution >= 4 is 17.6 Å². The van der Waals surface area contributed by atoms with Gasteiger partial charge >= 0.3 is 0 Å². The van der Waals surface area contributed by atoms with E-state index in [9.17, 15) is 9.59 Å². The predicted octanol–water partition coefficient (Wildman–Crippen LogP) is 4.13. The molecule has 154 valence electrons. The number of aromatic nitrogens is 1. The molecular formula is C24H25N3O3. The van der Waals surface area contributed by atoms with Crippen LogP contribution in [0.1, 0.15) is 42.1 Å². The lowest BCUT2D eigenvalue weighted by Crippen LogP contribution is -2.43. The minimum absolute atomic E-state index is 0.0123. The van der Waals surface area contributed by atoms with Crippen molar-refractivity contribution in [3.8, 4) is 0 Å². The van der Waals surface area contributed by atoms with Crippen LogP contribution in [0, 0.1) is 6.92 Å². The minimum Gasteiger partial charge on any atom is -0.360 e. The highest BCUT2D eigenvalue weighted by atomic mass is 16.5. The first-order valence-electron chi connectivity index (χ1n) is 10.3. The van der Waals surface area contributed by atoms with Crippen molar-refractivity contribution in [3.63, 3.8) is 0 Å². The van der Waals surface area contributed by atoms with Gasteiger partial charge in [-0.2, -0.15) is 0 Å². The summed E-state index contributed by atoms with van der Waals surface area (Å²) in [6.45, 7) is 2.35. The normalized spacial score (nSPS) is 16.1. The molecule has 6 nitrogen and oxygen atoms in total. The predicted molar refractivity (Wildman–Crippen MR) is 114 cm³/mol. The van der Waals surface area contributed by atoms with E-state index in [1.807, 2.05) is 60.7 Å². The van der Waals surface area contributed by atoms with E-state index in [1.165, 1.54) is 0 Å². The lowest BCUT2D eigenvalue weighted by atomic mass is 9.88. The number of likely N-dealkylation sites (tertiary alicyclic amines) is 1. The number of anilines is 1. The van der Waals surface area contributed by atoms with Crippen molar-refractivity contribution in [1.82, 2.24) is 10.1 Å². The van der Waals surface area contributed by atoms with E-state index >= 15 is 0 Å². The quantitative estimate of drug-likeness (QED) is 0.671. The number of amides is 2. The molecule has 0 spiro atoms. The fourth-order valence-corrected chi connectivity index (χ4v) is 4.06. The Morgan fingerprint density at radius 2 is 1.73 bits per heavy atom. The summed E-state index contributed by atoms with van der Waals surface area (Å²) < 4.78 is 5.01. The van der Waals surface area contributed by atoms with E-state index in [1.54, 1.807) is 17.9 Å². The molecule has 0 saturated carbocycles. The SMILES string of the molecule is Cc1cc(NC(=O)[C@@H]2CCCN2C(=O)CC(c2ccccc2)c2ccccc2)no1. The van der Waals surface area contributed by atoms with Gasteiger partial charge in [0.1, 0.15) is 11.8 Å². The molecule has 1 atom stereocenters. The molecule has 2 amide bonds. The molecule has 1 N–H and O–H groups in total. The standard InChI is InChI=1S/C24H25N3O3/c1-17-15-22(26-30-17)25-24(29)21-13-8-14-27(21)23(28)16-20(18-9-4-2-5-10-18)19-11-6-3-7-12-19/h2-7,9-12,15,20-21H,8,13-14,16H2,1H3,(H,25,26,29)/t21-/m0/s1. The third-order valence-electron chi connectivity index (χ3n) is 5.54. The number of aryl methyl sites for hydroxylation is 1. The Bertz CT molecular complexity index is 961. The molecule has 0 aliphatic carbocycles. The maximum Gasteiger partial charge on any atom is 0.248 e. The topological polar surface area (TPSA) is 75.4 Å². The molecule has 1 saturated heterocycles. The maximum absolute atomic E-state index is 13.3. The van der Waals surface area contributed by atoms with Crippen molar-refractivity contribution in [2.24, 2.45) is 0 Å². The van der Waals surface area contributed by atoms with Gasteiger partial charge in [0.05, 0.1) is 0 Å². The lowest BCUT2D eigenvalue weighted by Gasteiger charge is -2.26. The Kier molecular flexibility index (Phi) is 5.93. The van der Waals surface area contributed by atoms with Crippen LogP contribution in [0.15, 0.2) is 71.3 Å². The van der Waals surface area contributed by atoms with E-state index in [-0.39, 0.29) is 17.7 Å². The maximum atomic E-state index is 13.3. The molecule has 2 aromatic carbocycles. The average molecular weight is 403 g/mol. The monoisotopic (exact) mass is 403 g/mol. The fourth-order valence-electron chi connectivity index (χ4n) is 4.06. The molecular weight excluding hydrogens is 378 g/mol. The summed E-state index contributed by atoms with van der Waals surface area (Å²) in [6.07, 6.45) is 1.78. The van der Waals surface area contributed by atoms with Crippen LogP contribution in [0.25, 0.3) is 0 Å². The van der Waals surface area contributed by atoms with Gasteiger partial charge in [-0.3, -0.25) is 9.59 Å². The fraction of sp³-hybridized carbons (Fsp3) is 0.292. The molecule has 1 fully saturated rings. The molecule has 1 aliphatic rings. The second kappa shape index (κ2) is 8.95. The van der Waals surface area contributed by atoms with Crippen LogP contribution in [0.3, 0.4) is 0 Å². The first kappa shape index (κ1) is 19.9. The number of nitrogens with one attached hydrogen (secondary N) is 1. The van der Waals surface area contributed by atoms with Gasteiger partial charge in [0.2, 0.25) is 11.8 Å². The summed E-state index contributed by atoms with van der Waals surface area (Å²) in [5, 5.41) is 6.58. The van der Waals surface area contributed by atoms with Crippen molar-refractivity contribution in [2.75, 3.05) is 11.9 Å². The second-order valence-corrected chi connectivity index (χ2v) is 7.64. The Labute approximate surface area is 175 Å². The van der Waals surface area contributed by atoms with Gasteiger partial charge in [0, 0.05) is 24.9 Å². The molecule has 6 heteroatoms. The summed E-state index contributed by atoms with van der Waals surface area (Å²) in [4.78, 5) is 27.8. The van der Waals surface area contributed by atoms with Gasteiger partial charge in [0.15, 0.2) is 5.82 Å². The van der Waals surface area contributed by atoms with E-state index < -0.39 is 6.04 Å². The van der Waals surface area contributed by atoms with E-state index in [0.717, 1.165) is 17.5 Å². The van der Waals surface area contributed by atoms with Crippen LogP contribution in [0.2, 0.25) is 0 Å². The molecule has 0 radical (unpaired) electrons. The van der Waals surface area contributed by atoms with E-state index in [0.29, 0.717) is 31.0 Å². The number of carbonyl (C=O) groups is 2. The van der Waals surface area contributed by atoms with Gasteiger partial charge in [-0.25, -0.2) is 0 Å². The third kappa shape index (κ3) is 4.43. The lowest BCUT2D eigenvalue weighted by molar-refractivity contribution is -0.136. The zero-order valence-electron chi connectivity index (χ0n) is 17.0. The van der Waals surface area contributed by atoms with Gasteiger partial charge in [0.25, 0.3) is 0 Å². The summed E-state index contributed by atoms with van der Waals surface area (Å²) >= 11 is 0. The zero-order chi connectivity index (χ0) is 20.9. The molecule has 1 aliphatic heterocycles. The Hall–Kier alpha value is -3.41. The van der Waals surface area contributed by atoms with Crippen LogP contribution in [0.5, 0.6) is 0 Å². The second-order valence-electron chi connectivity index (χ2n) is 7.64. The summed E-state index contributed by atoms with van der Waals surface area (Å²) in [7, 11) is 0. The molecule has 2 heterocycles. The largest absolute Gasteiger partial charge is 0.360 e. The van der Waals surface area contributed by atoms with Crippen molar-refractivity contribution in [3.05, 3.63) is 83.6 Å². The summed E-state index contributed by atoms with van der Waals surface area (Å²) in [6, 6.07) is 21.3. The van der Waals surface area contributed by atoms with Crippen LogP contribution >= 0.6 is 0 Å². The van der Waals surface area contributed by atoms with E-state index in [4.69, 9.17) is 4.52 Å². The van der Waals surface area contributed by atoms with Crippen molar-refractivity contribution in [1.29, 1.82) is 0 Å². The summed E-state index contributed by atoms with van der Waals surface area (Å²) in [5.41, 5.74) is 2.19. The Morgan fingerprint density at radius 3 is 2.30 bits per heavy atom.